The number of hydrogen-bond acceptors (Lipinski definition) is 4. The van der Waals surface area contributed by atoms with Crippen LogP contribution in [0.1, 0.15) is 25.8 Å². The third-order valence-electron chi connectivity index (χ3n) is 3.36. The molecule has 1 unspecified atom stereocenters. The summed E-state index contributed by atoms with van der Waals surface area (Å²) >= 11 is 5.00. The Morgan fingerprint density at radius 3 is 2.55 bits per heavy atom. The molecule has 0 fully saturated rings. The van der Waals surface area contributed by atoms with Gasteiger partial charge in [-0.25, -0.2) is 0 Å². The molecule has 1 rings (SSSR count). The van der Waals surface area contributed by atoms with E-state index in [0.717, 1.165) is 0 Å². The Labute approximate surface area is 124 Å². The van der Waals surface area contributed by atoms with Gasteiger partial charge in [0.25, 0.3) is 5.91 Å². The van der Waals surface area contributed by atoms with Crippen LogP contribution in [0.5, 0.6) is 5.75 Å². The largest absolute Gasteiger partial charge is 0.495 e. The summed E-state index contributed by atoms with van der Waals surface area (Å²) in [5.74, 6) is 0.225. The Balaban J connectivity index is 3.20. The molecule has 0 bridgehead atoms. The number of nitrogens with one attached hydrogen (secondary N) is 1. The van der Waals surface area contributed by atoms with Gasteiger partial charge in [-0.2, -0.15) is 0 Å². The van der Waals surface area contributed by atoms with E-state index in [2.05, 4.69) is 5.32 Å². The molecule has 110 valence electrons. The van der Waals surface area contributed by atoms with Crippen LogP contribution < -0.4 is 15.8 Å². The van der Waals surface area contributed by atoms with E-state index in [-0.39, 0.29) is 10.9 Å². The van der Waals surface area contributed by atoms with Crippen molar-refractivity contribution < 1.29 is 14.3 Å². The van der Waals surface area contributed by atoms with Gasteiger partial charge in [-0.1, -0.05) is 25.2 Å². The van der Waals surface area contributed by atoms with Gasteiger partial charge >= 0.3 is 0 Å². The quantitative estimate of drug-likeness (QED) is 0.786. The minimum absolute atomic E-state index is 0.190. The molecule has 0 radical (unpaired) electrons. The standard InChI is InChI=1S/C14H20N2O3S/c1-5-14(2,19-4)13(17)16-11-9(12(15)20)7-6-8-10(11)18-3/h6-8H,5H2,1-4H3,(H2,15,20)(H,16,17). The number of para-hydroxylation sites is 1. The Morgan fingerprint density at radius 2 is 2.10 bits per heavy atom. The van der Waals surface area contributed by atoms with Crippen LogP contribution in [-0.4, -0.2) is 30.7 Å². The van der Waals surface area contributed by atoms with E-state index in [1.807, 2.05) is 6.92 Å². The molecule has 6 heteroatoms. The number of benzene rings is 1. The van der Waals surface area contributed by atoms with Crippen molar-refractivity contribution in [2.75, 3.05) is 19.5 Å². The van der Waals surface area contributed by atoms with Gasteiger partial charge in [0.1, 0.15) is 16.3 Å². The van der Waals surface area contributed by atoms with Crippen molar-refractivity contribution in [1.82, 2.24) is 0 Å². The van der Waals surface area contributed by atoms with Crippen LogP contribution in [0, 0.1) is 0 Å². The van der Waals surface area contributed by atoms with Crippen molar-refractivity contribution in [1.29, 1.82) is 0 Å². The minimum atomic E-state index is -0.922. The fourth-order valence-electron chi connectivity index (χ4n) is 1.68. The lowest BCUT2D eigenvalue weighted by Gasteiger charge is -2.26. The van der Waals surface area contributed by atoms with Crippen LogP contribution in [0.15, 0.2) is 18.2 Å². The summed E-state index contributed by atoms with van der Waals surface area (Å²) < 4.78 is 10.5. The third kappa shape index (κ3) is 3.26. The normalized spacial score (nSPS) is 13.4. The van der Waals surface area contributed by atoms with Crippen LogP contribution in [0.25, 0.3) is 0 Å². The number of carbonyl (C=O) groups excluding carboxylic acids is 1. The molecule has 20 heavy (non-hydrogen) atoms. The van der Waals surface area contributed by atoms with Crippen molar-refractivity contribution in [2.24, 2.45) is 5.73 Å². The SMILES string of the molecule is CCC(C)(OC)C(=O)Nc1c(OC)cccc1C(N)=S. The summed E-state index contributed by atoms with van der Waals surface area (Å²) in [7, 11) is 3.02. The molecule has 1 aromatic carbocycles. The lowest BCUT2D eigenvalue weighted by molar-refractivity contribution is -0.136. The summed E-state index contributed by atoms with van der Waals surface area (Å²) in [5, 5.41) is 2.80. The van der Waals surface area contributed by atoms with Gasteiger partial charge in [0.05, 0.1) is 12.8 Å². The van der Waals surface area contributed by atoms with Crippen molar-refractivity contribution >= 4 is 28.8 Å². The van der Waals surface area contributed by atoms with E-state index >= 15 is 0 Å². The van der Waals surface area contributed by atoms with Gasteiger partial charge in [0, 0.05) is 12.7 Å². The number of thiocarbonyl (C=S) groups is 1. The first-order chi connectivity index (χ1) is 9.39. The number of anilines is 1. The summed E-state index contributed by atoms with van der Waals surface area (Å²) in [6.07, 6.45) is 0.535. The van der Waals surface area contributed by atoms with Crippen molar-refractivity contribution in [2.45, 2.75) is 25.9 Å². The number of methoxy groups -OCH3 is 2. The van der Waals surface area contributed by atoms with Gasteiger partial charge < -0.3 is 20.5 Å². The summed E-state index contributed by atoms with van der Waals surface area (Å²) in [6.45, 7) is 3.60. The molecule has 0 spiro atoms. The molecule has 0 aliphatic rings. The van der Waals surface area contributed by atoms with E-state index in [4.69, 9.17) is 27.4 Å². The minimum Gasteiger partial charge on any atom is -0.495 e. The molecule has 0 aromatic heterocycles. The Bertz CT molecular complexity index is 513. The second-order valence-electron chi connectivity index (χ2n) is 4.49. The predicted octanol–water partition coefficient (Wildman–Crippen LogP) is 2.08. The number of ether oxygens (including phenoxy) is 2. The average Bonchev–Trinajstić information content (AvgIpc) is 2.46. The van der Waals surface area contributed by atoms with Crippen LogP contribution in [0.2, 0.25) is 0 Å². The van der Waals surface area contributed by atoms with Crippen molar-refractivity contribution in [3.8, 4) is 5.75 Å². The Morgan fingerprint density at radius 1 is 1.45 bits per heavy atom. The zero-order valence-corrected chi connectivity index (χ0v) is 13.0. The molecule has 1 atom stereocenters. The Hall–Kier alpha value is -1.66. The first-order valence-corrected chi connectivity index (χ1v) is 6.63. The van der Waals surface area contributed by atoms with Gasteiger partial charge in [-0.15, -0.1) is 0 Å². The molecule has 0 saturated carbocycles. The smallest absolute Gasteiger partial charge is 0.256 e. The van der Waals surface area contributed by atoms with Crippen LogP contribution >= 0.6 is 12.2 Å². The zero-order chi connectivity index (χ0) is 15.3. The van der Waals surface area contributed by atoms with E-state index in [1.165, 1.54) is 14.2 Å². The maximum Gasteiger partial charge on any atom is 0.256 e. The molecular formula is C14H20N2O3S. The van der Waals surface area contributed by atoms with Crippen molar-refractivity contribution in [3.63, 3.8) is 0 Å². The van der Waals surface area contributed by atoms with E-state index in [9.17, 15) is 4.79 Å². The lowest BCUT2D eigenvalue weighted by atomic mass is 10.0. The molecule has 3 N–H and O–H groups in total. The molecule has 5 nitrogen and oxygen atoms in total. The average molecular weight is 296 g/mol. The van der Waals surface area contributed by atoms with E-state index in [0.29, 0.717) is 23.4 Å². The summed E-state index contributed by atoms with van der Waals surface area (Å²) in [6, 6.07) is 5.22. The molecule has 1 amide bonds. The summed E-state index contributed by atoms with van der Waals surface area (Å²) in [5.41, 5.74) is 5.78. The predicted molar refractivity (Wildman–Crippen MR) is 83.2 cm³/mol. The topological polar surface area (TPSA) is 73.6 Å². The van der Waals surface area contributed by atoms with Gasteiger partial charge in [0.15, 0.2) is 0 Å². The fourth-order valence-corrected chi connectivity index (χ4v) is 1.85. The van der Waals surface area contributed by atoms with Crippen LogP contribution in [0.4, 0.5) is 5.69 Å². The van der Waals surface area contributed by atoms with Crippen LogP contribution in [-0.2, 0) is 9.53 Å². The zero-order valence-electron chi connectivity index (χ0n) is 12.1. The molecule has 0 heterocycles. The second kappa shape index (κ2) is 6.67. The molecule has 1 aromatic rings. The number of hydrogen-bond donors (Lipinski definition) is 2. The lowest BCUT2D eigenvalue weighted by Crippen LogP contribution is -2.41. The van der Waals surface area contributed by atoms with E-state index in [1.54, 1.807) is 25.1 Å². The molecule has 0 aliphatic heterocycles. The molecule has 0 aliphatic carbocycles. The molecular weight excluding hydrogens is 276 g/mol. The molecule has 0 saturated heterocycles. The highest BCUT2D eigenvalue weighted by atomic mass is 32.1. The maximum atomic E-state index is 12.4. The highest BCUT2D eigenvalue weighted by Crippen LogP contribution is 2.30. The number of rotatable bonds is 6. The van der Waals surface area contributed by atoms with Gasteiger partial charge in [-0.05, 0) is 25.5 Å². The monoisotopic (exact) mass is 296 g/mol. The van der Waals surface area contributed by atoms with Gasteiger partial charge in [-0.3, -0.25) is 4.79 Å². The third-order valence-corrected chi connectivity index (χ3v) is 3.58. The summed E-state index contributed by atoms with van der Waals surface area (Å²) in [4.78, 5) is 12.6. The highest BCUT2D eigenvalue weighted by molar-refractivity contribution is 7.80. The fraction of sp³-hybridized carbons (Fsp3) is 0.429. The van der Waals surface area contributed by atoms with Gasteiger partial charge in [0.2, 0.25) is 0 Å². The highest BCUT2D eigenvalue weighted by Gasteiger charge is 2.32. The van der Waals surface area contributed by atoms with E-state index < -0.39 is 5.60 Å². The maximum absolute atomic E-state index is 12.4. The number of nitrogens with two attached hydrogens (primary N) is 1. The Kier molecular flexibility index (Phi) is 5.47. The van der Waals surface area contributed by atoms with Crippen molar-refractivity contribution in [3.05, 3.63) is 23.8 Å². The first kappa shape index (κ1) is 16.4. The second-order valence-corrected chi connectivity index (χ2v) is 4.93. The number of carbonyl (C=O) groups is 1. The van der Waals surface area contributed by atoms with Crippen LogP contribution in [0.3, 0.4) is 0 Å². The first-order valence-electron chi connectivity index (χ1n) is 6.23. The number of amides is 1.